The predicted octanol–water partition coefficient (Wildman–Crippen LogP) is 5.02. The molecule has 0 spiro atoms. The Morgan fingerprint density at radius 2 is 1.96 bits per heavy atom. The molecule has 124 valence electrons. The molecule has 1 atom stereocenters. The van der Waals surface area contributed by atoms with E-state index in [0.717, 1.165) is 21.4 Å². The lowest BCUT2D eigenvalue weighted by Gasteiger charge is -2.21. The van der Waals surface area contributed by atoms with Gasteiger partial charge in [0.25, 0.3) is 0 Å². The molecule has 2 aromatic carbocycles. The third kappa shape index (κ3) is 3.68. The van der Waals surface area contributed by atoms with Gasteiger partial charge in [0, 0.05) is 30.3 Å². The molecule has 1 unspecified atom stereocenters. The fourth-order valence-corrected chi connectivity index (χ4v) is 3.38. The van der Waals surface area contributed by atoms with Gasteiger partial charge >= 0.3 is 6.09 Å². The second kappa shape index (κ2) is 7.36. The molecule has 1 amide bonds. The van der Waals surface area contributed by atoms with Crippen molar-refractivity contribution in [2.75, 3.05) is 13.6 Å². The van der Waals surface area contributed by atoms with Crippen LogP contribution in [0.15, 0.2) is 60.0 Å². The number of nitrogens with zero attached hydrogens (tertiary/aromatic N) is 1. The van der Waals surface area contributed by atoms with E-state index in [4.69, 9.17) is 9.84 Å². The number of ether oxygens (including phenoxy) is 1. The number of hydrogen-bond donors (Lipinski definition) is 1. The van der Waals surface area contributed by atoms with Gasteiger partial charge < -0.3 is 14.7 Å². The summed E-state index contributed by atoms with van der Waals surface area (Å²) in [5.41, 5.74) is 0. The average molecular weight is 341 g/mol. The number of hydrogen-bond acceptors (Lipinski definition) is 3. The van der Waals surface area contributed by atoms with Crippen LogP contribution in [-0.2, 0) is 0 Å². The normalized spacial score (nSPS) is 12.0. The molecule has 0 saturated carbocycles. The van der Waals surface area contributed by atoms with Gasteiger partial charge in [-0.3, -0.25) is 0 Å². The van der Waals surface area contributed by atoms with Crippen LogP contribution < -0.4 is 4.74 Å². The Labute approximate surface area is 144 Å². The molecule has 0 radical (unpaired) electrons. The van der Waals surface area contributed by atoms with Crippen LogP contribution in [0.4, 0.5) is 4.79 Å². The minimum Gasteiger partial charge on any atom is -0.484 e. The van der Waals surface area contributed by atoms with Crippen molar-refractivity contribution in [2.24, 2.45) is 0 Å². The maximum Gasteiger partial charge on any atom is 0.407 e. The van der Waals surface area contributed by atoms with E-state index in [1.165, 1.54) is 4.90 Å². The number of carboxylic acid groups (broad SMARTS) is 1. The standard InChI is InChI=1S/C19H19NO3S/c1-20(19(21)22)12-11-17(18-10-5-13-24-18)23-16-9-4-7-14-6-2-3-8-15(14)16/h2-10,13,17H,11-12H2,1H3,(H,21,22). The maximum atomic E-state index is 11.0. The van der Waals surface area contributed by atoms with E-state index in [1.807, 2.05) is 47.8 Å². The molecule has 5 heteroatoms. The second-order valence-electron chi connectivity index (χ2n) is 5.59. The molecular formula is C19H19NO3S. The molecule has 1 aromatic heterocycles. The van der Waals surface area contributed by atoms with E-state index < -0.39 is 6.09 Å². The van der Waals surface area contributed by atoms with Gasteiger partial charge in [0.15, 0.2) is 0 Å². The zero-order chi connectivity index (χ0) is 16.9. The van der Waals surface area contributed by atoms with Crippen LogP contribution in [-0.4, -0.2) is 29.7 Å². The molecule has 3 aromatic rings. The lowest BCUT2D eigenvalue weighted by Crippen LogP contribution is -2.27. The van der Waals surface area contributed by atoms with E-state index in [0.29, 0.717) is 13.0 Å². The van der Waals surface area contributed by atoms with Crippen molar-refractivity contribution in [2.45, 2.75) is 12.5 Å². The molecular weight excluding hydrogens is 322 g/mol. The number of rotatable bonds is 6. The van der Waals surface area contributed by atoms with E-state index in [1.54, 1.807) is 18.4 Å². The van der Waals surface area contributed by atoms with Crippen molar-refractivity contribution >= 4 is 28.2 Å². The Hall–Kier alpha value is -2.53. The van der Waals surface area contributed by atoms with Gasteiger partial charge in [0.05, 0.1) is 0 Å². The fourth-order valence-electron chi connectivity index (χ4n) is 2.59. The summed E-state index contributed by atoms with van der Waals surface area (Å²) in [4.78, 5) is 13.4. The van der Waals surface area contributed by atoms with Crippen LogP contribution in [0.25, 0.3) is 10.8 Å². The highest BCUT2D eigenvalue weighted by molar-refractivity contribution is 7.10. The summed E-state index contributed by atoms with van der Waals surface area (Å²) in [7, 11) is 1.58. The van der Waals surface area contributed by atoms with E-state index >= 15 is 0 Å². The first kappa shape index (κ1) is 16.3. The van der Waals surface area contributed by atoms with Crippen LogP contribution in [0.2, 0.25) is 0 Å². The molecule has 24 heavy (non-hydrogen) atoms. The Balaban J connectivity index is 1.84. The third-order valence-electron chi connectivity index (χ3n) is 3.93. The molecule has 0 aliphatic heterocycles. The zero-order valence-corrected chi connectivity index (χ0v) is 14.2. The monoisotopic (exact) mass is 341 g/mol. The SMILES string of the molecule is CN(CCC(Oc1cccc2ccccc12)c1cccs1)C(=O)O. The molecule has 0 aliphatic rings. The van der Waals surface area contributed by atoms with Gasteiger partial charge in [0.1, 0.15) is 11.9 Å². The zero-order valence-electron chi connectivity index (χ0n) is 13.4. The summed E-state index contributed by atoms with van der Waals surface area (Å²) >= 11 is 1.62. The van der Waals surface area contributed by atoms with Crippen LogP contribution in [0, 0.1) is 0 Å². The van der Waals surface area contributed by atoms with E-state index in [-0.39, 0.29) is 6.10 Å². The van der Waals surface area contributed by atoms with E-state index in [2.05, 4.69) is 12.1 Å². The van der Waals surface area contributed by atoms with Gasteiger partial charge in [-0.2, -0.15) is 0 Å². The number of thiophene rings is 1. The molecule has 4 nitrogen and oxygen atoms in total. The van der Waals surface area contributed by atoms with Crippen LogP contribution in [0.3, 0.4) is 0 Å². The number of carbonyl (C=O) groups is 1. The molecule has 1 N–H and O–H groups in total. The van der Waals surface area contributed by atoms with Crippen molar-refractivity contribution in [1.82, 2.24) is 4.90 Å². The van der Waals surface area contributed by atoms with Crippen molar-refractivity contribution in [1.29, 1.82) is 0 Å². The molecule has 0 bridgehead atoms. The Morgan fingerprint density at radius 1 is 1.17 bits per heavy atom. The minimum atomic E-state index is -0.926. The quantitative estimate of drug-likeness (QED) is 0.685. The topological polar surface area (TPSA) is 49.8 Å². The Kier molecular flexibility index (Phi) is 5.01. The van der Waals surface area contributed by atoms with Crippen molar-refractivity contribution < 1.29 is 14.6 Å². The predicted molar refractivity (Wildman–Crippen MR) is 96.9 cm³/mol. The highest BCUT2D eigenvalue weighted by Gasteiger charge is 2.18. The Bertz CT molecular complexity index is 811. The van der Waals surface area contributed by atoms with Crippen molar-refractivity contribution in [3.05, 3.63) is 64.9 Å². The third-order valence-corrected chi connectivity index (χ3v) is 4.90. The van der Waals surface area contributed by atoms with Crippen LogP contribution in [0.1, 0.15) is 17.4 Å². The molecule has 3 rings (SSSR count). The number of benzene rings is 2. The fraction of sp³-hybridized carbons (Fsp3) is 0.211. The molecule has 0 aliphatic carbocycles. The summed E-state index contributed by atoms with van der Waals surface area (Å²) in [5, 5.41) is 13.2. The lowest BCUT2D eigenvalue weighted by atomic mass is 10.1. The first-order valence-corrected chi connectivity index (χ1v) is 8.65. The largest absolute Gasteiger partial charge is 0.484 e. The molecule has 1 heterocycles. The first-order valence-electron chi connectivity index (χ1n) is 7.77. The summed E-state index contributed by atoms with van der Waals surface area (Å²) in [6, 6.07) is 18.1. The van der Waals surface area contributed by atoms with Gasteiger partial charge in [0.2, 0.25) is 0 Å². The van der Waals surface area contributed by atoms with E-state index in [9.17, 15) is 4.79 Å². The smallest absolute Gasteiger partial charge is 0.407 e. The van der Waals surface area contributed by atoms with Crippen LogP contribution in [0.5, 0.6) is 5.75 Å². The van der Waals surface area contributed by atoms with Gasteiger partial charge in [-0.05, 0) is 22.9 Å². The van der Waals surface area contributed by atoms with Crippen LogP contribution >= 0.6 is 11.3 Å². The maximum absolute atomic E-state index is 11.0. The summed E-state index contributed by atoms with van der Waals surface area (Å²) in [6.45, 7) is 0.419. The number of amides is 1. The minimum absolute atomic E-state index is 0.169. The summed E-state index contributed by atoms with van der Waals surface area (Å²) in [6.07, 6.45) is -0.491. The molecule has 0 fully saturated rings. The second-order valence-corrected chi connectivity index (χ2v) is 6.57. The van der Waals surface area contributed by atoms with Crippen molar-refractivity contribution in [3.8, 4) is 5.75 Å². The highest BCUT2D eigenvalue weighted by Crippen LogP contribution is 2.32. The van der Waals surface area contributed by atoms with Gasteiger partial charge in [-0.15, -0.1) is 11.3 Å². The summed E-state index contributed by atoms with van der Waals surface area (Å²) < 4.78 is 6.29. The van der Waals surface area contributed by atoms with Gasteiger partial charge in [-0.25, -0.2) is 4.79 Å². The highest BCUT2D eigenvalue weighted by atomic mass is 32.1. The number of fused-ring (bicyclic) bond motifs is 1. The Morgan fingerprint density at radius 3 is 2.71 bits per heavy atom. The molecule has 0 saturated heterocycles. The van der Waals surface area contributed by atoms with Crippen molar-refractivity contribution in [3.63, 3.8) is 0 Å². The summed E-state index contributed by atoms with van der Waals surface area (Å²) in [5.74, 6) is 0.824. The first-order chi connectivity index (χ1) is 11.6. The average Bonchev–Trinajstić information content (AvgIpc) is 3.12. The lowest BCUT2D eigenvalue weighted by molar-refractivity contribution is 0.141. The van der Waals surface area contributed by atoms with Gasteiger partial charge in [-0.1, -0.05) is 42.5 Å².